The van der Waals surface area contributed by atoms with Crippen LogP contribution in [0.15, 0.2) is 30.7 Å². The molecule has 0 bridgehead atoms. The molecular weight excluding hydrogens is 202 g/mol. The summed E-state index contributed by atoms with van der Waals surface area (Å²) in [5, 5.41) is 8.90. The number of aliphatic hydroxyl groups is 1. The lowest BCUT2D eigenvalue weighted by molar-refractivity contribution is 0.281. The minimum absolute atomic E-state index is 0.0386. The lowest BCUT2D eigenvalue weighted by Gasteiger charge is -2.04. The van der Waals surface area contributed by atoms with Crippen LogP contribution in [0.3, 0.4) is 0 Å². The van der Waals surface area contributed by atoms with Crippen LogP contribution in [0.2, 0.25) is 0 Å². The summed E-state index contributed by atoms with van der Waals surface area (Å²) in [7, 11) is 0. The first-order valence-corrected chi connectivity index (χ1v) is 5.21. The van der Waals surface area contributed by atoms with Crippen LogP contribution >= 0.6 is 0 Å². The van der Waals surface area contributed by atoms with Crippen molar-refractivity contribution in [3.05, 3.63) is 41.9 Å². The van der Waals surface area contributed by atoms with Crippen molar-refractivity contribution in [3.8, 4) is 11.5 Å². The molecule has 0 aromatic carbocycles. The van der Waals surface area contributed by atoms with E-state index >= 15 is 0 Å². The molecule has 0 unspecified atom stereocenters. The van der Waals surface area contributed by atoms with Gasteiger partial charge in [0.1, 0.15) is 5.69 Å². The van der Waals surface area contributed by atoms with Crippen LogP contribution in [0, 0.1) is 0 Å². The fourth-order valence-corrected chi connectivity index (χ4v) is 1.48. The Morgan fingerprint density at radius 2 is 1.94 bits per heavy atom. The lowest BCUT2D eigenvalue weighted by atomic mass is 10.1. The Morgan fingerprint density at radius 1 is 1.19 bits per heavy atom. The minimum atomic E-state index is -0.0386. The number of aromatic nitrogens is 3. The molecule has 2 aromatic rings. The number of nitrogens with zero attached hydrogens (tertiary/aromatic N) is 3. The first-order chi connectivity index (χ1) is 7.85. The van der Waals surface area contributed by atoms with Crippen LogP contribution < -0.4 is 0 Å². The maximum atomic E-state index is 8.90. The molecule has 0 radical (unpaired) electrons. The highest BCUT2D eigenvalue weighted by Gasteiger charge is 2.07. The highest BCUT2D eigenvalue weighted by atomic mass is 16.3. The third kappa shape index (κ3) is 2.06. The Bertz CT molecular complexity index is 468. The van der Waals surface area contributed by atoms with Crippen LogP contribution in [0.1, 0.15) is 18.1 Å². The summed E-state index contributed by atoms with van der Waals surface area (Å²) in [5.74, 6) is 0.606. The van der Waals surface area contributed by atoms with E-state index in [1.165, 1.54) is 0 Å². The third-order valence-corrected chi connectivity index (χ3v) is 2.37. The predicted octanol–water partition coefficient (Wildman–Crippen LogP) is 1.59. The van der Waals surface area contributed by atoms with Gasteiger partial charge < -0.3 is 5.11 Å². The predicted molar refractivity (Wildman–Crippen MR) is 60.6 cm³/mol. The van der Waals surface area contributed by atoms with E-state index in [2.05, 4.69) is 21.9 Å². The maximum Gasteiger partial charge on any atom is 0.178 e. The van der Waals surface area contributed by atoms with Crippen molar-refractivity contribution in [1.82, 2.24) is 15.0 Å². The zero-order chi connectivity index (χ0) is 11.4. The van der Waals surface area contributed by atoms with Gasteiger partial charge in [0.2, 0.25) is 0 Å². The summed E-state index contributed by atoms with van der Waals surface area (Å²) in [4.78, 5) is 12.7. The molecule has 0 aliphatic rings. The SMILES string of the molecule is CCc1cccnc1-c1ncc(CO)cn1. The van der Waals surface area contributed by atoms with Crippen molar-refractivity contribution in [1.29, 1.82) is 0 Å². The first-order valence-electron chi connectivity index (χ1n) is 5.21. The molecule has 1 N–H and O–H groups in total. The van der Waals surface area contributed by atoms with Gasteiger partial charge >= 0.3 is 0 Å². The molecule has 4 nitrogen and oxygen atoms in total. The summed E-state index contributed by atoms with van der Waals surface area (Å²) in [5.41, 5.74) is 2.64. The van der Waals surface area contributed by atoms with Crippen molar-refractivity contribution in [2.45, 2.75) is 20.0 Å². The zero-order valence-electron chi connectivity index (χ0n) is 9.09. The van der Waals surface area contributed by atoms with Gasteiger partial charge in [-0.15, -0.1) is 0 Å². The lowest BCUT2D eigenvalue weighted by Crippen LogP contribution is -1.97. The largest absolute Gasteiger partial charge is 0.392 e. The van der Waals surface area contributed by atoms with E-state index in [9.17, 15) is 0 Å². The molecular formula is C12H13N3O. The Morgan fingerprint density at radius 3 is 2.56 bits per heavy atom. The molecule has 2 aromatic heterocycles. The van der Waals surface area contributed by atoms with Crippen molar-refractivity contribution >= 4 is 0 Å². The van der Waals surface area contributed by atoms with Gasteiger partial charge in [-0.25, -0.2) is 9.97 Å². The summed E-state index contributed by atoms with van der Waals surface area (Å²) in [6.07, 6.45) is 5.87. The van der Waals surface area contributed by atoms with Crippen LogP contribution in [0.4, 0.5) is 0 Å². The van der Waals surface area contributed by atoms with Gasteiger partial charge in [-0.05, 0) is 18.1 Å². The smallest absolute Gasteiger partial charge is 0.178 e. The minimum Gasteiger partial charge on any atom is -0.392 e. The second-order valence-electron chi connectivity index (χ2n) is 3.44. The van der Waals surface area contributed by atoms with E-state index in [-0.39, 0.29) is 6.61 Å². The van der Waals surface area contributed by atoms with Gasteiger partial charge in [-0.3, -0.25) is 4.98 Å². The van der Waals surface area contributed by atoms with E-state index in [0.29, 0.717) is 11.4 Å². The zero-order valence-corrected chi connectivity index (χ0v) is 9.09. The summed E-state index contributed by atoms with van der Waals surface area (Å²) < 4.78 is 0. The molecule has 2 rings (SSSR count). The fraction of sp³-hybridized carbons (Fsp3) is 0.250. The van der Waals surface area contributed by atoms with Crippen LogP contribution in [-0.4, -0.2) is 20.1 Å². The topological polar surface area (TPSA) is 58.9 Å². The summed E-state index contributed by atoms with van der Waals surface area (Å²) in [6, 6.07) is 3.93. The Labute approximate surface area is 94.0 Å². The van der Waals surface area contributed by atoms with Gasteiger partial charge in [0.15, 0.2) is 5.82 Å². The van der Waals surface area contributed by atoms with Crippen molar-refractivity contribution in [2.24, 2.45) is 0 Å². The van der Waals surface area contributed by atoms with Gasteiger partial charge in [-0.2, -0.15) is 0 Å². The van der Waals surface area contributed by atoms with E-state index in [1.54, 1.807) is 18.6 Å². The second kappa shape index (κ2) is 4.81. The number of aliphatic hydroxyl groups excluding tert-OH is 1. The number of hydrogen-bond acceptors (Lipinski definition) is 4. The number of aryl methyl sites for hydroxylation is 1. The fourth-order valence-electron chi connectivity index (χ4n) is 1.48. The molecule has 0 fully saturated rings. The second-order valence-corrected chi connectivity index (χ2v) is 3.44. The molecule has 0 aliphatic carbocycles. The average Bonchev–Trinajstić information content (AvgIpc) is 2.39. The molecule has 0 atom stereocenters. The van der Waals surface area contributed by atoms with Gasteiger partial charge in [-0.1, -0.05) is 13.0 Å². The average molecular weight is 215 g/mol. The van der Waals surface area contributed by atoms with Crippen LogP contribution in [0.5, 0.6) is 0 Å². The quantitative estimate of drug-likeness (QED) is 0.844. The van der Waals surface area contributed by atoms with Gasteiger partial charge in [0, 0.05) is 24.2 Å². The molecule has 82 valence electrons. The normalized spacial score (nSPS) is 10.4. The van der Waals surface area contributed by atoms with E-state index < -0.39 is 0 Å². The number of pyridine rings is 1. The van der Waals surface area contributed by atoms with Crippen molar-refractivity contribution in [3.63, 3.8) is 0 Å². The van der Waals surface area contributed by atoms with Gasteiger partial charge in [0.05, 0.1) is 6.61 Å². The first kappa shape index (κ1) is 10.7. The molecule has 2 heterocycles. The molecule has 0 saturated carbocycles. The molecule has 0 spiro atoms. The highest BCUT2D eigenvalue weighted by Crippen LogP contribution is 2.17. The molecule has 0 amide bonds. The van der Waals surface area contributed by atoms with E-state index in [0.717, 1.165) is 17.7 Å². The monoisotopic (exact) mass is 215 g/mol. The molecule has 0 saturated heterocycles. The summed E-state index contributed by atoms with van der Waals surface area (Å²) >= 11 is 0. The van der Waals surface area contributed by atoms with Crippen molar-refractivity contribution < 1.29 is 5.11 Å². The number of hydrogen-bond donors (Lipinski definition) is 1. The maximum absolute atomic E-state index is 8.90. The Hall–Kier alpha value is -1.81. The van der Waals surface area contributed by atoms with Gasteiger partial charge in [0.25, 0.3) is 0 Å². The van der Waals surface area contributed by atoms with Crippen LogP contribution in [-0.2, 0) is 13.0 Å². The third-order valence-electron chi connectivity index (χ3n) is 2.37. The standard InChI is InChI=1S/C12H13N3O/c1-2-10-4-3-5-13-11(10)12-14-6-9(8-16)7-15-12/h3-7,16H,2,8H2,1H3. The molecule has 0 aliphatic heterocycles. The van der Waals surface area contributed by atoms with Crippen molar-refractivity contribution in [2.75, 3.05) is 0 Å². The van der Waals surface area contributed by atoms with E-state index in [4.69, 9.17) is 5.11 Å². The van der Waals surface area contributed by atoms with Crippen LogP contribution in [0.25, 0.3) is 11.5 Å². The Kier molecular flexibility index (Phi) is 3.22. The number of rotatable bonds is 3. The van der Waals surface area contributed by atoms with E-state index in [1.807, 2.05) is 12.1 Å². The Balaban J connectivity index is 2.42. The molecule has 4 heteroatoms. The molecule has 16 heavy (non-hydrogen) atoms. The highest BCUT2D eigenvalue weighted by molar-refractivity contribution is 5.54. The summed E-state index contributed by atoms with van der Waals surface area (Å²) in [6.45, 7) is 2.03.